The molecule has 0 radical (unpaired) electrons. The summed E-state index contributed by atoms with van der Waals surface area (Å²) in [6.45, 7) is 26.0. The van der Waals surface area contributed by atoms with E-state index in [1.54, 1.807) is 13.8 Å². The zero-order valence-corrected chi connectivity index (χ0v) is 26.3. The molecule has 0 spiro atoms. The maximum Gasteiger partial charge on any atom is 0.333 e. The summed E-state index contributed by atoms with van der Waals surface area (Å²) in [5, 5.41) is 0. The van der Waals surface area contributed by atoms with Crippen molar-refractivity contribution in [1.82, 2.24) is 0 Å². The third-order valence-electron chi connectivity index (χ3n) is 4.80. The van der Waals surface area contributed by atoms with Crippen LogP contribution >= 0.6 is 0 Å². The van der Waals surface area contributed by atoms with Gasteiger partial charge in [0.2, 0.25) is 0 Å². The van der Waals surface area contributed by atoms with Crippen LogP contribution in [0, 0.1) is 0 Å². The molecule has 0 heterocycles. The molecule has 0 aromatic rings. The summed E-state index contributed by atoms with van der Waals surface area (Å²) in [5.41, 5.74) is 0.782. The van der Waals surface area contributed by atoms with Gasteiger partial charge in [-0.15, -0.1) is 0 Å². The topological polar surface area (TPSA) is 89.5 Å². The molecule has 0 aromatic heterocycles. The van der Waals surface area contributed by atoms with Gasteiger partial charge in [0.15, 0.2) is 16.6 Å². The maximum absolute atomic E-state index is 11.3. The molecule has 0 N–H and O–H groups in total. The van der Waals surface area contributed by atoms with Crippen LogP contribution in [0.1, 0.15) is 26.7 Å². The van der Waals surface area contributed by atoms with Gasteiger partial charge < -0.3 is 27.2 Å². The van der Waals surface area contributed by atoms with Crippen molar-refractivity contribution < 1.29 is 36.8 Å². The highest BCUT2D eigenvalue weighted by Crippen LogP contribution is 2.26. The van der Waals surface area contributed by atoms with Gasteiger partial charge >= 0.3 is 20.5 Å². The molecule has 0 aromatic carbocycles. The SMILES string of the molecule is C=C(C)C(=O)OCCOCCC[Si](C)(C)O[Si](C)(C)O[Si](C)(C)CCCOCCOC(=O)C(=C)C. The standard InChI is InChI=1S/C24H48O8Si3/c1-21(2)23(25)29-17-15-27-13-11-19-33(5,6)31-35(9,10)32-34(7,8)20-12-14-28-16-18-30-24(26)22(3)4/h1,3,11-20H2,2,4-10H3. The molecule has 0 aliphatic carbocycles. The Kier molecular flexibility index (Phi) is 16.1. The molecule has 0 amide bonds. The largest absolute Gasteiger partial charge is 0.460 e. The van der Waals surface area contributed by atoms with Crippen LogP contribution in [0.2, 0.25) is 51.4 Å². The zero-order valence-electron chi connectivity index (χ0n) is 23.3. The number of esters is 2. The number of ether oxygens (including phenoxy) is 4. The maximum atomic E-state index is 11.3. The van der Waals surface area contributed by atoms with Gasteiger partial charge in [-0.2, -0.15) is 0 Å². The molecule has 11 heteroatoms. The molecular formula is C24H48O8Si3. The summed E-state index contributed by atoms with van der Waals surface area (Å²) in [6.07, 6.45) is 1.80. The monoisotopic (exact) mass is 548 g/mol. The third-order valence-corrected chi connectivity index (χ3v) is 16.3. The molecule has 0 saturated heterocycles. The second-order valence-electron chi connectivity index (χ2n) is 10.4. The van der Waals surface area contributed by atoms with E-state index in [4.69, 9.17) is 27.2 Å². The van der Waals surface area contributed by atoms with Crippen molar-refractivity contribution in [2.45, 2.75) is 78.1 Å². The summed E-state index contributed by atoms with van der Waals surface area (Å²) in [7, 11) is -6.07. The minimum absolute atomic E-state index is 0.240. The molecule has 0 aliphatic rings. The first-order chi connectivity index (χ1) is 16.1. The summed E-state index contributed by atoms with van der Waals surface area (Å²) >= 11 is 0. The highest BCUT2D eigenvalue weighted by atomic mass is 28.5. The fourth-order valence-electron chi connectivity index (χ4n) is 3.49. The van der Waals surface area contributed by atoms with E-state index in [0.717, 1.165) is 24.9 Å². The van der Waals surface area contributed by atoms with Crippen molar-refractivity contribution in [3.63, 3.8) is 0 Å². The summed E-state index contributed by atoms with van der Waals surface area (Å²) in [5.74, 6) is -0.772. The van der Waals surface area contributed by atoms with Crippen molar-refractivity contribution >= 4 is 37.1 Å². The quantitative estimate of drug-likeness (QED) is 0.0889. The Morgan fingerprint density at radius 1 is 0.600 bits per heavy atom. The van der Waals surface area contributed by atoms with Crippen LogP contribution in [0.15, 0.2) is 24.3 Å². The predicted octanol–water partition coefficient (Wildman–Crippen LogP) is 5.18. The van der Waals surface area contributed by atoms with Crippen LogP contribution in [0.25, 0.3) is 0 Å². The number of hydrogen-bond donors (Lipinski definition) is 0. The van der Waals surface area contributed by atoms with Crippen molar-refractivity contribution in [3.05, 3.63) is 24.3 Å². The van der Waals surface area contributed by atoms with Crippen LogP contribution in [-0.4, -0.2) is 76.8 Å². The molecule has 0 atom stereocenters. The Morgan fingerprint density at radius 3 is 1.26 bits per heavy atom. The Bertz CT molecular complexity index is 636. The minimum Gasteiger partial charge on any atom is -0.460 e. The Balaban J connectivity index is 4.15. The lowest BCUT2D eigenvalue weighted by molar-refractivity contribution is -0.141. The van der Waals surface area contributed by atoms with Crippen molar-refractivity contribution in [1.29, 1.82) is 0 Å². The molecule has 0 fully saturated rings. The van der Waals surface area contributed by atoms with Crippen molar-refractivity contribution in [2.24, 2.45) is 0 Å². The third kappa shape index (κ3) is 18.8. The molecule has 204 valence electrons. The second kappa shape index (κ2) is 16.6. The fraction of sp³-hybridized carbons (Fsp3) is 0.750. The van der Waals surface area contributed by atoms with E-state index in [-0.39, 0.29) is 25.2 Å². The first-order valence-corrected chi connectivity index (χ1v) is 21.3. The number of hydrogen-bond acceptors (Lipinski definition) is 8. The van der Waals surface area contributed by atoms with Gasteiger partial charge in [0.25, 0.3) is 0 Å². The molecule has 0 bridgehead atoms. The Labute approximate surface area is 215 Å². The molecule has 0 aliphatic heterocycles. The average Bonchev–Trinajstić information content (AvgIpc) is 2.69. The smallest absolute Gasteiger partial charge is 0.333 e. The Hall–Kier alpha value is -1.09. The first kappa shape index (κ1) is 33.9. The minimum atomic E-state index is -2.27. The fourth-order valence-corrected chi connectivity index (χ4v) is 17.5. The lowest BCUT2D eigenvalue weighted by atomic mass is 10.4. The van der Waals surface area contributed by atoms with Crippen LogP contribution in [0.4, 0.5) is 0 Å². The van der Waals surface area contributed by atoms with Gasteiger partial charge in [0.1, 0.15) is 13.2 Å². The molecule has 0 unspecified atom stereocenters. The number of carbonyl (C=O) groups excluding carboxylic acids is 2. The summed E-state index contributed by atoms with van der Waals surface area (Å²) < 4.78 is 34.4. The van der Waals surface area contributed by atoms with E-state index in [0.29, 0.717) is 37.6 Å². The van der Waals surface area contributed by atoms with E-state index in [1.807, 2.05) is 0 Å². The van der Waals surface area contributed by atoms with Crippen LogP contribution < -0.4 is 0 Å². The molecule has 8 nitrogen and oxygen atoms in total. The number of carbonyl (C=O) groups is 2. The van der Waals surface area contributed by atoms with Gasteiger partial charge in [0.05, 0.1) is 13.2 Å². The van der Waals surface area contributed by atoms with Gasteiger partial charge in [-0.3, -0.25) is 0 Å². The normalized spacial score (nSPS) is 12.3. The highest BCUT2D eigenvalue weighted by Gasteiger charge is 2.39. The van der Waals surface area contributed by atoms with E-state index in [2.05, 4.69) is 52.4 Å². The first-order valence-electron chi connectivity index (χ1n) is 12.3. The summed E-state index contributed by atoms with van der Waals surface area (Å²) in [4.78, 5) is 22.7. The molecule has 35 heavy (non-hydrogen) atoms. The molecule has 0 rings (SSSR count). The van der Waals surface area contributed by atoms with Gasteiger partial charge in [-0.05, 0) is 78.1 Å². The average molecular weight is 549 g/mol. The van der Waals surface area contributed by atoms with E-state index >= 15 is 0 Å². The second-order valence-corrected chi connectivity index (χ2v) is 22.9. The number of rotatable bonds is 20. The van der Waals surface area contributed by atoms with Gasteiger partial charge in [-0.25, -0.2) is 9.59 Å². The van der Waals surface area contributed by atoms with Gasteiger partial charge in [0, 0.05) is 24.4 Å². The molecular weight excluding hydrogens is 501 g/mol. The van der Waals surface area contributed by atoms with E-state index < -0.39 is 25.2 Å². The van der Waals surface area contributed by atoms with Crippen LogP contribution in [0.3, 0.4) is 0 Å². The lowest BCUT2D eigenvalue weighted by Gasteiger charge is -2.38. The molecule has 0 saturated carbocycles. The van der Waals surface area contributed by atoms with Crippen LogP contribution in [-0.2, 0) is 36.8 Å². The lowest BCUT2D eigenvalue weighted by Crippen LogP contribution is -2.52. The van der Waals surface area contributed by atoms with Crippen molar-refractivity contribution in [2.75, 3.05) is 39.6 Å². The highest BCUT2D eigenvalue weighted by molar-refractivity contribution is 6.87. The Morgan fingerprint density at radius 2 is 0.943 bits per heavy atom. The summed E-state index contributed by atoms with van der Waals surface area (Å²) in [6, 6.07) is 1.95. The van der Waals surface area contributed by atoms with Crippen LogP contribution in [0.5, 0.6) is 0 Å². The van der Waals surface area contributed by atoms with E-state index in [1.165, 1.54) is 0 Å². The van der Waals surface area contributed by atoms with Gasteiger partial charge in [-0.1, -0.05) is 13.2 Å². The zero-order chi connectivity index (χ0) is 27.1. The van der Waals surface area contributed by atoms with Crippen molar-refractivity contribution in [3.8, 4) is 0 Å². The van der Waals surface area contributed by atoms with E-state index in [9.17, 15) is 9.59 Å². The predicted molar refractivity (Wildman–Crippen MR) is 147 cm³/mol.